The van der Waals surface area contributed by atoms with Gasteiger partial charge in [0.25, 0.3) is 0 Å². The molecular weight excluding hydrogens is 657 g/mol. The van der Waals surface area contributed by atoms with E-state index in [1.165, 1.54) is 154 Å². The first kappa shape index (κ1) is 49.6. The molecule has 0 bridgehead atoms. The van der Waals surface area contributed by atoms with E-state index < -0.39 is 23.9 Å². The standard InChI is InChI=1S/C44H82O6S/c1-3-5-7-9-11-13-15-17-19-21-23-25-27-29-31-35-41(45)49-43(47)37-33-39-51-40-34-38-44(48)50-42(46)36-32-30-28-26-24-22-20-18-16-14-12-10-8-6-4-2/h3-40H2,1-2H3. The summed E-state index contributed by atoms with van der Waals surface area (Å²) in [5.41, 5.74) is 0. The third-order valence-corrected chi connectivity index (χ3v) is 10.9. The first-order chi connectivity index (χ1) is 25.0. The van der Waals surface area contributed by atoms with Crippen molar-refractivity contribution in [3.05, 3.63) is 0 Å². The molecule has 0 saturated heterocycles. The predicted molar refractivity (Wildman–Crippen MR) is 217 cm³/mol. The van der Waals surface area contributed by atoms with E-state index in [1.54, 1.807) is 11.8 Å². The Morgan fingerprint density at radius 2 is 0.490 bits per heavy atom. The average molecular weight is 739 g/mol. The average Bonchev–Trinajstić information content (AvgIpc) is 3.11. The second-order valence-corrected chi connectivity index (χ2v) is 16.1. The third-order valence-electron chi connectivity index (χ3n) is 9.76. The summed E-state index contributed by atoms with van der Waals surface area (Å²) < 4.78 is 9.94. The molecule has 0 heterocycles. The summed E-state index contributed by atoms with van der Waals surface area (Å²) >= 11 is 1.65. The molecule has 0 saturated carbocycles. The van der Waals surface area contributed by atoms with Crippen molar-refractivity contribution in [2.75, 3.05) is 11.5 Å². The zero-order valence-electron chi connectivity index (χ0n) is 33.7. The van der Waals surface area contributed by atoms with E-state index in [0.717, 1.165) is 50.0 Å². The number of rotatable bonds is 40. The predicted octanol–water partition coefficient (Wildman–Crippen LogP) is 13.9. The van der Waals surface area contributed by atoms with Gasteiger partial charge in [-0.3, -0.25) is 19.2 Å². The van der Waals surface area contributed by atoms with Gasteiger partial charge in [0.15, 0.2) is 0 Å². The highest BCUT2D eigenvalue weighted by Crippen LogP contribution is 2.16. The fourth-order valence-corrected chi connectivity index (χ4v) is 7.38. The number of unbranched alkanes of at least 4 members (excludes halogenated alkanes) is 28. The van der Waals surface area contributed by atoms with Crippen LogP contribution in [-0.4, -0.2) is 35.4 Å². The van der Waals surface area contributed by atoms with Crippen molar-refractivity contribution in [1.82, 2.24) is 0 Å². The van der Waals surface area contributed by atoms with Crippen molar-refractivity contribution in [2.24, 2.45) is 0 Å². The van der Waals surface area contributed by atoms with Crippen LogP contribution in [0.4, 0.5) is 0 Å². The summed E-state index contributed by atoms with van der Waals surface area (Å²) in [4.78, 5) is 47.9. The highest BCUT2D eigenvalue weighted by atomic mass is 32.2. The van der Waals surface area contributed by atoms with Crippen LogP contribution < -0.4 is 0 Å². The maximum absolute atomic E-state index is 12.0. The van der Waals surface area contributed by atoms with Crippen molar-refractivity contribution in [1.29, 1.82) is 0 Å². The Morgan fingerprint density at radius 3 is 0.725 bits per heavy atom. The monoisotopic (exact) mass is 739 g/mol. The van der Waals surface area contributed by atoms with E-state index in [0.29, 0.717) is 25.7 Å². The van der Waals surface area contributed by atoms with E-state index in [1.807, 2.05) is 0 Å². The lowest BCUT2D eigenvalue weighted by molar-refractivity contribution is -0.161. The van der Waals surface area contributed by atoms with E-state index in [2.05, 4.69) is 13.8 Å². The topological polar surface area (TPSA) is 86.7 Å². The quantitative estimate of drug-likeness (QED) is 0.0351. The third kappa shape index (κ3) is 41.2. The molecule has 0 rings (SSSR count). The van der Waals surface area contributed by atoms with Crippen molar-refractivity contribution in [2.45, 2.75) is 245 Å². The molecule has 0 aliphatic rings. The Labute approximate surface area is 319 Å². The van der Waals surface area contributed by atoms with Crippen molar-refractivity contribution < 1.29 is 28.7 Å². The molecule has 6 nitrogen and oxygen atoms in total. The molecule has 0 atom stereocenters. The molecule has 0 aromatic rings. The Hall–Kier alpha value is -1.37. The van der Waals surface area contributed by atoms with Gasteiger partial charge in [0, 0.05) is 25.7 Å². The number of carbonyl (C=O) groups excluding carboxylic acids is 4. The minimum absolute atomic E-state index is 0.230. The summed E-state index contributed by atoms with van der Waals surface area (Å²) in [6, 6.07) is 0. The second-order valence-electron chi connectivity index (χ2n) is 14.9. The van der Waals surface area contributed by atoms with Gasteiger partial charge in [0.2, 0.25) is 0 Å². The second kappa shape index (κ2) is 41.4. The first-order valence-corrected chi connectivity index (χ1v) is 23.2. The zero-order chi connectivity index (χ0) is 37.3. The molecule has 51 heavy (non-hydrogen) atoms. The van der Waals surface area contributed by atoms with Crippen LogP contribution in [0.5, 0.6) is 0 Å². The van der Waals surface area contributed by atoms with E-state index >= 15 is 0 Å². The van der Waals surface area contributed by atoms with Crippen LogP contribution in [0.1, 0.15) is 245 Å². The van der Waals surface area contributed by atoms with Crippen LogP contribution in [0.3, 0.4) is 0 Å². The Kier molecular flexibility index (Phi) is 40.3. The molecular formula is C44H82O6S. The molecule has 0 aliphatic heterocycles. The van der Waals surface area contributed by atoms with Crippen LogP contribution in [-0.2, 0) is 28.7 Å². The Balaban J connectivity index is 3.43. The zero-order valence-corrected chi connectivity index (χ0v) is 34.5. The lowest BCUT2D eigenvalue weighted by Crippen LogP contribution is -2.12. The van der Waals surface area contributed by atoms with Crippen molar-refractivity contribution >= 4 is 35.6 Å². The highest BCUT2D eigenvalue weighted by Gasteiger charge is 2.12. The minimum Gasteiger partial charge on any atom is -0.393 e. The van der Waals surface area contributed by atoms with Gasteiger partial charge in [-0.15, -0.1) is 0 Å². The molecule has 7 heteroatoms. The number of esters is 4. The summed E-state index contributed by atoms with van der Waals surface area (Å²) in [6.07, 6.45) is 40.7. The van der Waals surface area contributed by atoms with Crippen LogP contribution in [0.25, 0.3) is 0 Å². The number of ether oxygens (including phenoxy) is 2. The van der Waals surface area contributed by atoms with Crippen LogP contribution in [0.15, 0.2) is 0 Å². The number of thioether (sulfide) groups is 1. The van der Waals surface area contributed by atoms with Crippen LogP contribution in [0.2, 0.25) is 0 Å². The molecule has 0 unspecified atom stereocenters. The van der Waals surface area contributed by atoms with E-state index in [9.17, 15) is 19.2 Å². The van der Waals surface area contributed by atoms with Gasteiger partial charge in [-0.05, 0) is 37.2 Å². The Morgan fingerprint density at radius 1 is 0.294 bits per heavy atom. The lowest BCUT2D eigenvalue weighted by Gasteiger charge is -2.05. The van der Waals surface area contributed by atoms with Gasteiger partial charge in [0.1, 0.15) is 0 Å². The first-order valence-electron chi connectivity index (χ1n) is 22.0. The summed E-state index contributed by atoms with van der Waals surface area (Å²) in [6.45, 7) is 4.53. The van der Waals surface area contributed by atoms with Crippen molar-refractivity contribution in [3.63, 3.8) is 0 Å². The maximum Gasteiger partial charge on any atom is 0.313 e. The smallest absolute Gasteiger partial charge is 0.313 e. The summed E-state index contributed by atoms with van der Waals surface area (Å²) in [5.74, 6) is -0.189. The molecule has 0 fully saturated rings. The molecule has 0 aliphatic carbocycles. The number of hydrogen-bond acceptors (Lipinski definition) is 7. The molecule has 300 valence electrons. The lowest BCUT2D eigenvalue weighted by atomic mass is 10.0. The van der Waals surface area contributed by atoms with Crippen LogP contribution >= 0.6 is 11.8 Å². The van der Waals surface area contributed by atoms with Gasteiger partial charge in [0.05, 0.1) is 0 Å². The summed E-state index contributed by atoms with van der Waals surface area (Å²) in [7, 11) is 0. The fraction of sp³-hybridized carbons (Fsp3) is 0.909. The molecule has 0 amide bonds. The maximum atomic E-state index is 12.0. The molecule has 0 radical (unpaired) electrons. The van der Waals surface area contributed by atoms with Crippen LogP contribution in [0, 0.1) is 0 Å². The molecule has 0 aromatic carbocycles. The van der Waals surface area contributed by atoms with Crippen molar-refractivity contribution in [3.8, 4) is 0 Å². The van der Waals surface area contributed by atoms with E-state index in [4.69, 9.17) is 9.47 Å². The SMILES string of the molecule is CCCCCCCCCCCCCCCCCC(=O)OC(=O)CCCSCCCC(=O)OC(=O)CCCCCCCCCCCCCCCCC. The number of carbonyl (C=O) groups is 4. The highest BCUT2D eigenvalue weighted by molar-refractivity contribution is 7.99. The summed E-state index contributed by atoms with van der Waals surface area (Å²) in [5, 5.41) is 0. The molecule has 0 spiro atoms. The molecule has 0 N–H and O–H groups in total. The Bertz CT molecular complexity index is 736. The van der Waals surface area contributed by atoms with Gasteiger partial charge in [-0.25, -0.2) is 0 Å². The van der Waals surface area contributed by atoms with Gasteiger partial charge in [-0.1, -0.05) is 194 Å². The van der Waals surface area contributed by atoms with E-state index in [-0.39, 0.29) is 12.8 Å². The van der Waals surface area contributed by atoms with Gasteiger partial charge < -0.3 is 9.47 Å². The fourth-order valence-electron chi connectivity index (χ4n) is 6.48. The van der Waals surface area contributed by atoms with Gasteiger partial charge >= 0.3 is 23.9 Å². The minimum atomic E-state index is -0.447. The normalized spacial score (nSPS) is 11.2. The largest absolute Gasteiger partial charge is 0.393 e. The molecule has 0 aromatic heterocycles. The van der Waals surface area contributed by atoms with Gasteiger partial charge in [-0.2, -0.15) is 11.8 Å². The number of hydrogen-bond donors (Lipinski definition) is 0.